The third kappa shape index (κ3) is 3.21. The van der Waals surface area contributed by atoms with E-state index in [1.807, 2.05) is 31.2 Å². The molecular formula is C12H16BrClN2O. The molecule has 17 heavy (non-hydrogen) atoms. The Balaban J connectivity index is 0.00000144. The summed E-state index contributed by atoms with van der Waals surface area (Å²) in [5, 5.41) is 2.95. The summed E-state index contributed by atoms with van der Waals surface area (Å²) in [6.07, 6.45) is 1.59. The van der Waals surface area contributed by atoms with Crippen LogP contribution in [0.1, 0.15) is 31.4 Å². The van der Waals surface area contributed by atoms with Crippen molar-refractivity contribution in [2.45, 2.75) is 31.3 Å². The van der Waals surface area contributed by atoms with Crippen LogP contribution in [0.2, 0.25) is 0 Å². The number of benzene rings is 1. The number of nitrogens with one attached hydrogen (secondary N) is 1. The molecule has 3 N–H and O–H groups in total. The highest BCUT2D eigenvalue weighted by Gasteiger charge is 2.46. The van der Waals surface area contributed by atoms with Crippen LogP contribution in [0, 0.1) is 0 Å². The molecule has 0 heterocycles. The summed E-state index contributed by atoms with van der Waals surface area (Å²) < 4.78 is 1.00. The zero-order chi connectivity index (χ0) is 11.8. The van der Waals surface area contributed by atoms with Gasteiger partial charge < -0.3 is 11.1 Å². The fraction of sp³-hybridized carbons (Fsp3) is 0.417. The lowest BCUT2D eigenvalue weighted by Crippen LogP contribution is -2.43. The van der Waals surface area contributed by atoms with Gasteiger partial charge in [-0.15, -0.1) is 12.4 Å². The minimum atomic E-state index is -0.602. The van der Waals surface area contributed by atoms with Crippen molar-refractivity contribution >= 4 is 34.2 Å². The average Bonchev–Trinajstić information content (AvgIpc) is 2.98. The summed E-state index contributed by atoms with van der Waals surface area (Å²) in [6, 6.07) is 7.84. The lowest BCUT2D eigenvalue weighted by molar-refractivity contribution is -0.123. The van der Waals surface area contributed by atoms with Gasteiger partial charge in [-0.1, -0.05) is 34.1 Å². The highest BCUT2D eigenvalue weighted by atomic mass is 79.9. The molecule has 1 aromatic carbocycles. The van der Waals surface area contributed by atoms with Crippen LogP contribution >= 0.6 is 28.3 Å². The fourth-order valence-corrected chi connectivity index (χ4v) is 2.23. The third-order valence-corrected chi connectivity index (χ3v) is 3.68. The molecule has 0 spiro atoms. The minimum Gasteiger partial charge on any atom is -0.348 e. The molecule has 2 rings (SSSR count). The molecule has 1 amide bonds. The quantitative estimate of drug-likeness (QED) is 0.899. The molecule has 0 aromatic heterocycles. The maximum absolute atomic E-state index is 11.8. The molecular weight excluding hydrogens is 304 g/mol. The molecule has 1 aliphatic rings. The van der Waals surface area contributed by atoms with E-state index in [1.165, 1.54) is 0 Å². The average molecular weight is 320 g/mol. The number of hydrogen-bond acceptors (Lipinski definition) is 2. The van der Waals surface area contributed by atoms with Gasteiger partial charge >= 0.3 is 0 Å². The van der Waals surface area contributed by atoms with Crippen molar-refractivity contribution in [3.8, 4) is 0 Å². The second kappa shape index (κ2) is 5.38. The third-order valence-electron chi connectivity index (χ3n) is 2.96. The number of nitrogens with two attached hydrogens (primary N) is 1. The van der Waals surface area contributed by atoms with E-state index >= 15 is 0 Å². The van der Waals surface area contributed by atoms with Crippen LogP contribution in [-0.2, 0) is 4.79 Å². The van der Waals surface area contributed by atoms with Gasteiger partial charge in [0, 0.05) is 4.47 Å². The van der Waals surface area contributed by atoms with E-state index in [9.17, 15) is 4.79 Å². The Labute approximate surface area is 116 Å². The van der Waals surface area contributed by atoms with Crippen LogP contribution in [-0.4, -0.2) is 11.4 Å². The summed E-state index contributed by atoms with van der Waals surface area (Å²) in [5.41, 5.74) is 6.30. The molecule has 1 atom stereocenters. The molecule has 0 radical (unpaired) electrons. The SMILES string of the molecule is CC(NC(=O)C1(N)CC1)c1ccccc1Br.Cl. The van der Waals surface area contributed by atoms with Crippen molar-refractivity contribution in [3.05, 3.63) is 34.3 Å². The van der Waals surface area contributed by atoms with Gasteiger partial charge in [0.2, 0.25) is 5.91 Å². The summed E-state index contributed by atoms with van der Waals surface area (Å²) in [6.45, 7) is 1.96. The summed E-state index contributed by atoms with van der Waals surface area (Å²) in [7, 11) is 0. The van der Waals surface area contributed by atoms with Gasteiger partial charge in [0.25, 0.3) is 0 Å². The summed E-state index contributed by atoms with van der Waals surface area (Å²) in [4.78, 5) is 11.8. The van der Waals surface area contributed by atoms with Crippen LogP contribution in [0.15, 0.2) is 28.7 Å². The van der Waals surface area contributed by atoms with Crippen molar-refractivity contribution in [2.24, 2.45) is 5.73 Å². The first-order chi connectivity index (χ1) is 7.53. The Morgan fingerprint density at radius 3 is 2.59 bits per heavy atom. The topological polar surface area (TPSA) is 55.1 Å². The highest BCUT2D eigenvalue weighted by Crippen LogP contribution is 2.33. The van der Waals surface area contributed by atoms with Crippen molar-refractivity contribution in [3.63, 3.8) is 0 Å². The normalized spacial score (nSPS) is 17.8. The molecule has 0 saturated heterocycles. The van der Waals surface area contributed by atoms with E-state index in [0.29, 0.717) is 0 Å². The maximum atomic E-state index is 11.8. The standard InChI is InChI=1S/C12H15BrN2O.ClH/c1-8(9-4-2-3-5-10(9)13)15-11(16)12(14)6-7-12;/h2-5,8H,6-7,14H2,1H3,(H,15,16);1H. The van der Waals surface area contributed by atoms with Gasteiger partial charge in [-0.2, -0.15) is 0 Å². The summed E-state index contributed by atoms with van der Waals surface area (Å²) in [5.74, 6) is -0.0456. The maximum Gasteiger partial charge on any atom is 0.240 e. The van der Waals surface area contributed by atoms with E-state index in [1.54, 1.807) is 0 Å². The molecule has 1 aromatic rings. The minimum absolute atomic E-state index is 0. The zero-order valence-electron chi connectivity index (χ0n) is 9.57. The highest BCUT2D eigenvalue weighted by molar-refractivity contribution is 9.10. The number of hydrogen-bond donors (Lipinski definition) is 2. The van der Waals surface area contributed by atoms with Gasteiger partial charge in [-0.05, 0) is 31.4 Å². The number of amides is 1. The number of carbonyl (C=O) groups excluding carboxylic acids is 1. The van der Waals surface area contributed by atoms with E-state index in [-0.39, 0.29) is 24.4 Å². The predicted molar refractivity (Wildman–Crippen MR) is 74.1 cm³/mol. The van der Waals surface area contributed by atoms with Crippen LogP contribution < -0.4 is 11.1 Å². The van der Waals surface area contributed by atoms with E-state index in [0.717, 1.165) is 22.9 Å². The Kier molecular flexibility index (Phi) is 4.58. The largest absolute Gasteiger partial charge is 0.348 e. The van der Waals surface area contributed by atoms with Gasteiger partial charge in [-0.3, -0.25) is 4.79 Å². The molecule has 1 unspecified atom stereocenters. The lowest BCUT2D eigenvalue weighted by Gasteiger charge is -2.18. The fourth-order valence-electron chi connectivity index (χ4n) is 1.61. The lowest BCUT2D eigenvalue weighted by atomic mass is 10.1. The second-order valence-electron chi connectivity index (χ2n) is 4.37. The van der Waals surface area contributed by atoms with Crippen LogP contribution in [0.25, 0.3) is 0 Å². The number of halogens is 2. The van der Waals surface area contributed by atoms with Gasteiger partial charge in [0.05, 0.1) is 11.6 Å². The molecule has 1 saturated carbocycles. The number of carbonyl (C=O) groups is 1. The summed E-state index contributed by atoms with van der Waals surface area (Å²) >= 11 is 3.47. The van der Waals surface area contributed by atoms with Crippen LogP contribution in [0.3, 0.4) is 0 Å². The van der Waals surface area contributed by atoms with E-state index in [4.69, 9.17) is 5.73 Å². The Bertz CT molecular complexity index is 421. The van der Waals surface area contributed by atoms with E-state index in [2.05, 4.69) is 21.2 Å². The second-order valence-corrected chi connectivity index (χ2v) is 5.23. The zero-order valence-corrected chi connectivity index (χ0v) is 12.0. The molecule has 94 valence electrons. The van der Waals surface area contributed by atoms with Crippen LogP contribution in [0.5, 0.6) is 0 Å². The first kappa shape index (κ1) is 14.5. The Morgan fingerprint density at radius 2 is 2.06 bits per heavy atom. The van der Waals surface area contributed by atoms with Crippen molar-refractivity contribution < 1.29 is 4.79 Å². The molecule has 5 heteroatoms. The van der Waals surface area contributed by atoms with Crippen LogP contribution in [0.4, 0.5) is 0 Å². The van der Waals surface area contributed by atoms with Gasteiger partial charge in [-0.25, -0.2) is 0 Å². The van der Waals surface area contributed by atoms with Gasteiger partial charge in [0.1, 0.15) is 0 Å². The van der Waals surface area contributed by atoms with Crippen molar-refractivity contribution in [2.75, 3.05) is 0 Å². The predicted octanol–water partition coefficient (Wildman–Crippen LogP) is 2.54. The Morgan fingerprint density at radius 1 is 1.47 bits per heavy atom. The van der Waals surface area contributed by atoms with Crippen molar-refractivity contribution in [1.82, 2.24) is 5.32 Å². The smallest absolute Gasteiger partial charge is 0.240 e. The van der Waals surface area contributed by atoms with Crippen molar-refractivity contribution in [1.29, 1.82) is 0 Å². The first-order valence-electron chi connectivity index (χ1n) is 5.37. The monoisotopic (exact) mass is 318 g/mol. The molecule has 1 aliphatic carbocycles. The molecule has 3 nitrogen and oxygen atoms in total. The molecule has 1 fully saturated rings. The van der Waals surface area contributed by atoms with E-state index < -0.39 is 5.54 Å². The number of rotatable bonds is 3. The molecule has 0 bridgehead atoms. The van der Waals surface area contributed by atoms with Gasteiger partial charge in [0.15, 0.2) is 0 Å². The Hall–Kier alpha value is -0.580. The first-order valence-corrected chi connectivity index (χ1v) is 6.16. The molecule has 0 aliphatic heterocycles.